The Morgan fingerprint density at radius 3 is 2.93 bits per heavy atom. The van der Waals surface area contributed by atoms with Crippen LogP contribution < -0.4 is 4.90 Å². The summed E-state index contributed by atoms with van der Waals surface area (Å²) >= 11 is 0. The maximum Gasteiger partial charge on any atom is 0.310 e. The molecule has 0 spiro atoms. The second kappa shape index (κ2) is 7.27. The van der Waals surface area contributed by atoms with E-state index in [1.165, 1.54) is 0 Å². The van der Waals surface area contributed by atoms with E-state index in [1.807, 2.05) is 49.4 Å². The normalized spacial score (nSPS) is 13.4. The van der Waals surface area contributed by atoms with E-state index in [0.717, 1.165) is 46.2 Å². The highest BCUT2D eigenvalue weighted by Crippen LogP contribution is 2.27. The molecule has 0 radical (unpaired) electrons. The number of hydrogen-bond donors (Lipinski definition) is 0. The number of hydrogen-bond acceptors (Lipinski definition) is 4. The molecule has 1 aliphatic heterocycles. The number of amides is 1. The Balaban J connectivity index is 1.39. The topological polar surface area (TPSA) is 59.8 Å². The van der Waals surface area contributed by atoms with Gasteiger partial charge in [0.15, 0.2) is 6.61 Å². The minimum atomic E-state index is -0.433. The van der Waals surface area contributed by atoms with E-state index < -0.39 is 5.97 Å². The van der Waals surface area contributed by atoms with Gasteiger partial charge < -0.3 is 14.1 Å². The number of benzene rings is 2. The molecule has 0 saturated carbocycles. The number of furan rings is 1. The molecule has 0 atom stereocenters. The lowest BCUT2D eigenvalue weighted by Crippen LogP contribution is -2.38. The van der Waals surface area contributed by atoms with Crippen molar-refractivity contribution in [3.05, 3.63) is 65.4 Å². The number of aryl methyl sites for hydroxylation is 2. The zero-order valence-electron chi connectivity index (χ0n) is 15.2. The first-order chi connectivity index (χ1) is 13.1. The summed E-state index contributed by atoms with van der Waals surface area (Å²) in [6.07, 6.45) is 3.54. The number of fused-ring (bicyclic) bond motifs is 2. The van der Waals surface area contributed by atoms with Crippen LogP contribution in [0.2, 0.25) is 0 Å². The van der Waals surface area contributed by atoms with Crippen LogP contribution in [-0.4, -0.2) is 25.0 Å². The Morgan fingerprint density at radius 2 is 2.04 bits per heavy atom. The Labute approximate surface area is 157 Å². The first-order valence-corrected chi connectivity index (χ1v) is 9.12. The summed E-state index contributed by atoms with van der Waals surface area (Å²) in [5.41, 5.74) is 4.69. The van der Waals surface area contributed by atoms with E-state index in [2.05, 4.69) is 0 Å². The highest BCUT2D eigenvalue weighted by Gasteiger charge is 2.23. The summed E-state index contributed by atoms with van der Waals surface area (Å²) < 4.78 is 10.8. The number of anilines is 1. The molecule has 1 aromatic heterocycles. The Bertz CT molecular complexity index is 1000. The van der Waals surface area contributed by atoms with Crippen LogP contribution in [0, 0.1) is 6.92 Å². The fourth-order valence-electron chi connectivity index (χ4n) is 3.55. The van der Waals surface area contributed by atoms with Gasteiger partial charge in [0.1, 0.15) is 5.58 Å². The van der Waals surface area contributed by atoms with Crippen LogP contribution in [0.1, 0.15) is 23.1 Å². The van der Waals surface area contributed by atoms with E-state index in [-0.39, 0.29) is 18.9 Å². The predicted octanol–water partition coefficient (Wildman–Crippen LogP) is 3.81. The van der Waals surface area contributed by atoms with Gasteiger partial charge >= 0.3 is 5.97 Å². The molecular formula is C22H21NO4. The minimum Gasteiger partial charge on any atom is -0.464 e. The minimum absolute atomic E-state index is 0.0833. The summed E-state index contributed by atoms with van der Waals surface area (Å²) in [6, 6.07) is 13.7. The molecule has 4 rings (SSSR count). The molecular weight excluding hydrogens is 342 g/mol. The summed E-state index contributed by atoms with van der Waals surface area (Å²) in [4.78, 5) is 26.5. The monoisotopic (exact) mass is 363 g/mol. The first-order valence-electron chi connectivity index (χ1n) is 9.12. The van der Waals surface area contributed by atoms with Crippen LogP contribution in [-0.2, 0) is 27.2 Å². The molecule has 0 aliphatic carbocycles. The molecule has 0 saturated heterocycles. The number of nitrogens with zero attached hydrogens (tertiary/aromatic N) is 1. The SMILES string of the molecule is Cc1ccc2c(CC(=O)OCC(=O)N3CCCc4ccccc43)coc2c1. The van der Waals surface area contributed by atoms with Crippen molar-refractivity contribution in [3.63, 3.8) is 0 Å². The van der Waals surface area contributed by atoms with Gasteiger partial charge in [-0.2, -0.15) is 0 Å². The van der Waals surface area contributed by atoms with Gasteiger partial charge in [0.25, 0.3) is 5.91 Å². The number of ether oxygens (including phenoxy) is 1. The van der Waals surface area contributed by atoms with Crippen molar-refractivity contribution in [3.8, 4) is 0 Å². The molecule has 0 unspecified atom stereocenters. The quantitative estimate of drug-likeness (QED) is 0.662. The van der Waals surface area contributed by atoms with Crippen molar-refractivity contribution in [1.29, 1.82) is 0 Å². The number of para-hydroxylation sites is 1. The molecule has 138 valence electrons. The molecule has 1 amide bonds. The number of carbonyl (C=O) groups excluding carboxylic acids is 2. The Kier molecular flexibility index (Phi) is 4.67. The van der Waals surface area contributed by atoms with Crippen molar-refractivity contribution in [1.82, 2.24) is 0 Å². The molecule has 0 fully saturated rings. The Morgan fingerprint density at radius 1 is 1.19 bits per heavy atom. The predicted molar refractivity (Wildman–Crippen MR) is 103 cm³/mol. The van der Waals surface area contributed by atoms with Gasteiger partial charge in [-0.3, -0.25) is 9.59 Å². The van der Waals surface area contributed by atoms with Gasteiger partial charge in [0.2, 0.25) is 0 Å². The van der Waals surface area contributed by atoms with Gasteiger partial charge in [-0.25, -0.2) is 0 Å². The van der Waals surface area contributed by atoms with E-state index >= 15 is 0 Å². The molecule has 27 heavy (non-hydrogen) atoms. The number of rotatable bonds is 4. The van der Waals surface area contributed by atoms with Crippen LogP contribution in [0.4, 0.5) is 5.69 Å². The zero-order valence-corrected chi connectivity index (χ0v) is 15.2. The molecule has 0 N–H and O–H groups in total. The fourth-order valence-corrected chi connectivity index (χ4v) is 3.55. The summed E-state index contributed by atoms with van der Waals surface area (Å²) in [7, 11) is 0. The highest BCUT2D eigenvalue weighted by molar-refractivity contribution is 5.96. The van der Waals surface area contributed by atoms with Crippen molar-refractivity contribution < 1.29 is 18.7 Å². The average molecular weight is 363 g/mol. The third-order valence-electron chi connectivity index (χ3n) is 4.91. The molecule has 5 nitrogen and oxygen atoms in total. The van der Waals surface area contributed by atoms with Gasteiger partial charge in [-0.05, 0) is 43.0 Å². The summed E-state index contributed by atoms with van der Waals surface area (Å²) in [5, 5.41) is 0.897. The van der Waals surface area contributed by atoms with Gasteiger partial charge in [-0.15, -0.1) is 0 Å². The third kappa shape index (κ3) is 3.58. The lowest BCUT2D eigenvalue weighted by Gasteiger charge is -2.29. The molecule has 2 heterocycles. The average Bonchev–Trinajstić information content (AvgIpc) is 3.07. The second-order valence-corrected chi connectivity index (χ2v) is 6.88. The summed E-state index contributed by atoms with van der Waals surface area (Å²) in [5.74, 6) is -0.625. The van der Waals surface area contributed by atoms with Crippen molar-refractivity contribution in [2.45, 2.75) is 26.2 Å². The maximum absolute atomic E-state index is 12.5. The third-order valence-corrected chi connectivity index (χ3v) is 4.91. The summed E-state index contributed by atoms with van der Waals surface area (Å²) in [6.45, 7) is 2.39. The molecule has 5 heteroatoms. The van der Waals surface area contributed by atoms with Crippen LogP contribution in [0.15, 0.2) is 53.1 Å². The maximum atomic E-state index is 12.5. The van der Waals surface area contributed by atoms with Crippen LogP contribution in [0.5, 0.6) is 0 Å². The van der Waals surface area contributed by atoms with Gasteiger partial charge in [0.05, 0.1) is 12.7 Å². The fraction of sp³-hybridized carbons (Fsp3) is 0.273. The van der Waals surface area contributed by atoms with E-state index in [0.29, 0.717) is 6.54 Å². The van der Waals surface area contributed by atoms with E-state index in [9.17, 15) is 9.59 Å². The van der Waals surface area contributed by atoms with Crippen molar-refractivity contribution in [2.75, 3.05) is 18.1 Å². The van der Waals surface area contributed by atoms with Crippen LogP contribution >= 0.6 is 0 Å². The lowest BCUT2D eigenvalue weighted by molar-refractivity contribution is -0.147. The zero-order chi connectivity index (χ0) is 18.8. The van der Waals surface area contributed by atoms with Crippen molar-refractivity contribution in [2.24, 2.45) is 0 Å². The smallest absolute Gasteiger partial charge is 0.310 e. The number of esters is 1. The largest absolute Gasteiger partial charge is 0.464 e. The number of carbonyl (C=O) groups is 2. The van der Waals surface area contributed by atoms with Crippen molar-refractivity contribution >= 4 is 28.5 Å². The van der Waals surface area contributed by atoms with Gasteiger partial charge in [0, 0.05) is 23.2 Å². The van der Waals surface area contributed by atoms with E-state index in [4.69, 9.17) is 9.15 Å². The molecule has 3 aromatic rings. The van der Waals surface area contributed by atoms with Crippen LogP contribution in [0.3, 0.4) is 0 Å². The lowest BCUT2D eigenvalue weighted by atomic mass is 10.0. The van der Waals surface area contributed by atoms with Gasteiger partial charge in [-0.1, -0.05) is 30.3 Å². The second-order valence-electron chi connectivity index (χ2n) is 6.88. The molecule has 2 aromatic carbocycles. The standard InChI is InChI=1S/C22H21NO4/c1-15-8-9-18-17(13-26-20(18)11-15)12-22(25)27-14-21(24)23-10-4-6-16-5-2-3-7-19(16)23/h2-3,5,7-9,11,13H,4,6,10,12,14H2,1H3. The highest BCUT2D eigenvalue weighted by atomic mass is 16.5. The van der Waals surface area contributed by atoms with E-state index in [1.54, 1.807) is 11.2 Å². The first kappa shape index (κ1) is 17.3. The van der Waals surface area contributed by atoms with Crippen LogP contribution in [0.25, 0.3) is 11.0 Å². The Hall–Kier alpha value is -3.08. The molecule has 0 bridgehead atoms. The molecule has 1 aliphatic rings.